The van der Waals surface area contributed by atoms with Crippen molar-refractivity contribution in [1.29, 1.82) is 0 Å². The van der Waals surface area contributed by atoms with Gasteiger partial charge in [-0.2, -0.15) is 5.10 Å². The second kappa shape index (κ2) is 7.37. The molecule has 6 nitrogen and oxygen atoms in total. The molecule has 0 saturated carbocycles. The summed E-state index contributed by atoms with van der Waals surface area (Å²) in [6.07, 6.45) is 5.13. The molecule has 2 rings (SSSR count). The molecule has 0 atom stereocenters. The van der Waals surface area contributed by atoms with E-state index in [0.29, 0.717) is 6.61 Å². The van der Waals surface area contributed by atoms with Crippen LogP contribution in [0.3, 0.4) is 0 Å². The lowest BCUT2D eigenvalue weighted by Gasteiger charge is -2.07. The maximum absolute atomic E-state index is 5.03. The van der Waals surface area contributed by atoms with E-state index in [1.54, 1.807) is 37.5 Å². The number of methoxy groups -OCH3 is 1. The average Bonchev–Trinajstić information content (AvgIpc) is 2.71. The maximum atomic E-state index is 5.03. The molecule has 0 aromatic carbocycles. The van der Waals surface area contributed by atoms with Crippen molar-refractivity contribution in [3.63, 3.8) is 0 Å². The molecule has 0 aliphatic carbocycles. The Morgan fingerprint density at radius 3 is 2.95 bits per heavy atom. The fourth-order valence-corrected chi connectivity index (χ4v) is 2.78. The van der Waals surface area contributed by atoms with Gasteiger partial charge in [-0.05, 0) is 18.7 Å². The van der Waals surface area contributed by atoms with Crippen LogP contribution < -0.4 is 5.32 Å². The molecule has 108 valence electrons. The number of nitrogens with zero attached hydrogens (tertiary/aromatic N) is 4. The summed E-state index contributed by atoms with van der Waals surface area (Å²) in [5, 5.41) is 9.80. The topological polar surface area (TPSA) is 64.9 Å². The van der Waals surface area contributed by atoms with Gasteiger partial charge in [0, 0.05) is 45.2 Å². The minimum atomic E-state index is 0.700. The van der Waals surface area contributed by atoms with Gasteiger partial charge in [-0.3, -0.25) is 9.67 Å². The van der Waals surface area contributed by atoms with E-state index in [9.17, 15) is 0 Å². The Labute approximate surface area is 123 Å². The van der Waals surface area contributed by atoms with Crippen molar-refractivity contribution in [3.8, 4) is 0 Å². The molecule has 0 unspecified atom stereocenters. The minimum absolute atomic E-state index is 0.700. The largest absolute Gasteiger partial charge is 0.383 e. The number of aryl methyl sites for hydroxylation is 2. The van der Waals surface area contributed by atoms with Gasteiger partial charge in [-0.25, -0.2) is 4.98 Å². The Morgan fingerprint density at radius 1 is 1.40 bits per heavy atom. The number of rotatable bonds is 7. The van der Waals surface area contributed by atoms with Crippen molar-refractivity contribution >= 4 is 11.8 Å². The third-order valence-electron chi connectivity index (χ3n) is 2.81. The molecule has 0 fully saturated rings. The Kier molecular flexibility index (Phi) is 5.51. The van der Waals surface area contributed by atoms with Gasteiger partial charge in [0.05, 0.1) is 18.5 Å². The fourth-order valence-electron chi connectivity index (χ4n) is 1.84. The first-order valence-electron chi connectivity index (χ1n) is 6.38. The van der Waals surface area contributed by atoms with Crippen LogP contribution in [-0.2, 0) is 18.3 Å². The van der Waals surface area contributed by atoms with E-state index in [1.165, 1.54) is 5.56 Å². The molecule has 0 aliphatic heterocycles. The van der Waals surface area contributed by atoms with E-state index < -0.39 is 0 Å². The van der Waals surface area contributed by atoms with Crippen molar-refractivity contribution < 1.29 is 4.74 Å². The van der Waals surface area contributed by atoms with Crippen LogP contribution in [0, 0.1) is 6.92 Å². The molecule has 0 saturated heterocycles. The predicted molar refractivity (Wildman–Crippen MR) is 77.7 cm³/mol. The highest BCUT2D eigenvalue weighted by Crippen LogP contribution is 2.29. The second-order valence-corrected chi connectivity index (χ2v) is 5.32. The van der Waals surface area contributed by atoms with Crippen LogP contribution in [0.2, 0.25) is 0 Å². The summed E-state index contributed by atoms with van der Waals surface area (Å²) in [6, 6.07) is 0. The number of hydrogen-bond donors (Lipinski definition) is 1. The molecule has 2 aromatic heterocycles. The van der Waals surface area contributed by atoms with Gasteiger partial charge in [0.2, 0.25) is 0 Å². The predicted octanol–water partition coefficient (Wildman–Crippen LogP) is 1.41. The lowest BCUT2D eigenvalue weighted by Crippen LogP contribution is -2.19. The van der Waals surface area contributed by atoms with Gasteiger partial charge in [0.25, 0.3) is 0 Å². The van der Waals surface area contributed by atoms with Crippen molar-refractivity contribution in [1.82, 2.24) is 25.1 Å². The average molecular weight is 293 g/mol. The van der Waals surface area contributed by atoms with Crippen LogP contribution in [0.1, 0.15) is 11.3 Å². The monoisotopic (exact) mass is 293 g/mol. The molecule has 0 amide bonds. The highest BCUT2D eigenvalue weighted by Gasteiger charge is 2.14. The number of nitrogens with one attached hydrogen (secondary N) is 1. The van der Waals surface area contributed by atoms with E-state index in [2.05, 4.69) is 20.4 Å². The molecule has 0 radical (unpaired) electrons. The summed E-state index contributed by atoms with van der Waals surface area (Å²) < 4.78 is 6.93. The normalized spacial score (nSPS) is 10.9. The summed E-state index contributed by atoms with van der Waals surface area (Å²) in [4.78, 5) is 8.38. The zero-order valence-electron chi connectivity index (χ0n) is 12.0. The fraction of sp³-hybridized carbons (Fsp3) is 0.462. The molecule has 7 heteroatoms. The summed E-state index contributed by atoms with van der Waals surface area (Å²) in [7, 11) is 3.65. The van der Waals surface area contributed by atoms with Crippen LogP contribution in [0.5, 0.6) is 0 Å². The summed E-state index contributed by atoms with van der Waals surface area (Å²) in [5.41, 5.74) is 2.23. The van der Waals surface area contributed by atoms with Gasteiger partial charge in [0.1, 0.15) is 10.1 Å². The summed E-state index contributed by atoms with van der Waals surface area (Å²) in [6.45, 7) is 4.31. The Morgan fingerprint density at radius 2 is 2.25 bits per heavy atom. The van der Waals surface area contributed by atoms with Crippen molar-refractivity contribution in [2.75, 3.05) is 20.3 Å². The lowest BCUT2D eigenvalue weighted by atomic mass is 10.2. The SMILES string of the molecule is COCCNCc1c(C)nn(C)c1Sc1cnccn1. The Balaban J connectivity index is 2.11. The van der Waals surface area contributed by atoms with Crippen molar-refractivity contribution in [2.24, 2.45) is 7.05 Å². The number of ether oxygens (including phenoxy) is 1. The summed E-state index contributed by atoms with van der Waals surface area (Å²) >= 11 is 1.58. The molecule has 1 N–H and O–H groups in total. The van der Waals surface area contributed by atoms with Crippen molar-refractivity contribution in [3.05, 3.63) is 29.8 Å². The van der Waals surface area contributed by atoms with E-state index in [4.69, 9.17) is 4.74 Å². The smallest absolute Gasteiger partial charge is 0.121 e. The van der Waals surface area contributed by atoms with Gasteiger partial charge < -0.3 is 10.1 Å². The van der Waals surface area contributed by atoms with E-state index in [-0.39, 0.29) is 0 Å². The Hall–Kier alpha value is -1.44. The van der Waals surface area contributed by atoms with Crippen LogP contribution in [-0.4, -0.2) is 40.0 Å². The molecule has 20 heavy (non-hydrogen) atoms. The lowest BCUT2D eigenvalue weighted by molar-refractivity contribution is 0.199. The van der Waals surface area contributed by atoms with Gasteiger partial charge >= 0.3 is 0 Å². The molecule has 2 heterocycles. The molecular weight excluding hydrogens is 274 g/mol. The molecular formula is C13H19N5OS. The van der Waals surface area contributed by atoms with E-state index in [1.807, 2.05) is 18.7 Å². The van der Waals surface area contributed by atoms with E-state index >= 15 is 0 Å². The van der Waals surface area contributed by atoms with Crippen LogP contribution in [0.4, 0.5) is 0 Å². The first-order valence-corrected chi connectivity index (χ1v) is 7.20. The molecule has 0 spiro atoms. The molecule has 0 bridgehead atoms. The standard InChI is InChI=1S/C13H19N5OS/c1-10-11(8-15-6-7-19-3)13(18(2)17-10)20-12-9-14-4-5-16-12/h4-5,9,15H,6-8H2,1-3H3. The molecule has 0 aliphatic rings. The highest BCUT2D eigenvalue weighted by molar-refractivity contribution is 7.99. The first-order chi connectivity index (χ1) is 9.72. The Bertz CT molecular complexity index is 543. The zero-order chi connectivity index (χ0) is 14.4. The first kappa shape index (κ1) is 15.0. The third-order valence-corrected chi connectivity index (χ3v) is 3.94. The van der Waals surface area contributed by atoms with Crippen LogP contribution in [0.15, 0.2) is 28.6 Å². The van der Waals surface area contributed by atoms with Crippen molar-refractivity contribution in [2.45, 2.75) is 23.5 Å². The van der Waals surface area contributed by atoms with Gasteiger partial charge in [-0.15, -0.1) is 0 Å². The highest BCUT2D eigenvalue weighted by atomic mass is 32.2. The van der Waals surface area contributed by atoms with Gasteiger partial charge in [-0.1, -0.05) is 0 Å². The van der Waals surface area contributed by atoms with E-state index in [0.717, 1.165) is 28.8 Å². The number of aromatic nitrogens is 4. The van der Waals surface area contributed by atoms with Crippen LogP contribution in [0.25, 0.3) is 0 Å². The van der Waals surface area contributed by atoms with Crippen LogP contribution >= 0.6 is 11.8 Å². The minimum Gasteiger partial charge on any atom is -0.383 e. The quantitative estimate of drug-likeness (QED) is 0.779. The summed E-state index contributed by atoms with van der Waals surface area (Å²) in [5.74, 6) is 0. The second-order valence-electron chi connectivity index (χ2n) is 4.31. The zero-order valence-corrected chi connectivity index (χ0v) is 12.8. The maximum Gasteiger partial charge on any atom is 0.121 e. The molecule has 2 aromatic rings. The van der Waals surface area contributed by atoms with Gasteiger partial charge in [0.15, 0.2) is 0 Å². The number of hydrogen-bond acceptors (Lipinski definition) is 6. The third kappa shape index (κ3) is 3.78.